The third-order valence-corrected chi connectivity index (χ3v) is 5.84. The molecule has 0 fully saturated rings. The van der Waals surface area contributed by atoms with Gasteiger partial charge < -0.3 is 9.64 Å². The number of fused-ring (bicyclic) bond motifs is 1. The van der Waals surface area contributed by atoms with Gasteiger partial charge in [-0.1, -0.05) is 23.8 Å². The number of carbonyl (C=O) groups excluding carboxylic acids is 1. The van der Waals surface area contributed by atoms with Crippen molar-refractivity contribution in [2.45, 2.75) is 53.2 Å². The van der Waals surface area contributed by atoms with E-state index in [0.717, 1.165) is 37.6 Å². The largest absolute Gasteiger partial charge is 0.376 e. The summed E-state index contributed by atoms with van der Waals surface area (Å²) in [5, 5.41) is 0.986. The van der Waals surface area contributed by atoms with Crippen LogP contribution >= 0.6 is 11.3 Å². The number of aryl methyl sites for hydroxylation is 2. The van der Waals surface area contributed by atoms with Crippen LogP contribution in [0.5, 0.6) is 0 Å². The molecule has 0 saturated carbocycles. The van der Waals surface area contributed by atoms with E-state index in [1.165, 1.54) is 5.56 Å². The van der Waals surface area contributed by atoms with Crippen LogP contribution in [0.25, 0.3) is 20.8 Å². The Bertz CT molecular complexity index is 1060. The van der Waals surface area contributed by atoms with Gasteiger partial charge >= 0.3 is 0 Å². The summed E-state index contributed by atoms with van der Waals surface area (Å²) in [5.74, 6) is 0.00824. The van der Waals surface area contributed by atoms with E-state index in [9.17, 15) is 4.79 Å². The number of ether oxygens (including phenoxy) is 1. The molecular formula is C24H30N2O2S. The summed E-state index contributed by atoms with van der Waals surface area (Å²) in [7, 11) is 4.02. The zero-order valence-electron chi connectivity index (χ0n) is 18.6. The summed E-state index contributed by atoms with van der Waals surface area (Å²) in [6, 6.07) is 10.5. The second kappa shape index (κ2) is 7.88. The van der Waals surface area contributed by atoms with Crippen LogP contribution in [-0.4, -0.2) is 30.5 Å². The lowest BCUT2D eigenvalue weighted by molar-refractivity contribution is -0.138. The van der Waals surface area contributed by atoms with Crippen LogP contribution in [-0.2, 0) is 9.53 Å². The Morgan fingerprint density at radius 2 is 1.86 bits per heavy atom. The molecule has 0 spiro atoms. The van der Waals surface area contributed by atoms with E-state index in [1.54, 1.807) is 18.3 Å². The van der Waals surface area contributed by atoms with Crippen LogP contribution in [0.2, 0.25) is 0 Å². The first-order valence-electron chi connectivity index (χ1n) is 9.84. The Morgan fingerprint density at radius 3 is 2.41 bits per heavy atom. The van der Waals surface area contributed by atoms with E-state index in [0.29, 0.717) is 0 Å². The molecule has 0 aliphatic heterocycles. The highest BCUT2D eigenvalue weighted by Crippen LogP contribution is 2.43. The number of thiazole rings is 1. The number of Topliss-reactive ketones (excluding diaryl/α,β-unsaturated/α-hetero) is 1. The summed E-state index contributed by atoms with van der Waals surface area (Å²) in [5.41, 5.74) is 5.82. The van der Waals surface area contributed by atoms with Crippen molar-refractivity contribution < 1.29 is 9.53 Å². The number of hydrogen-bond acceptors (Lipinski definition) is 5. The minimum absolute atomic E-state index is 0.00824. The van der Waals surface area contributed by atoms with Crippen molar-refractivity contribution in [3.63, 3.8) is 0 Å². The van der Waals surface area contributed by atoms with Crippen LogP contribution in [0.1, 0.15) is 50.5 Å². The van der Waals surface area contributed by atoms with Crippen molar-refractivity contribution in [3.8, 4) is 10.6 Å². The Balaban J connectivity index is 2.27. The molecule has 0 unspecified atom stereocenters. The van der Waals surface area contributed by atoms with E-state index < -0.39 is 11.7 Å². The van der Waals surface area contributed by atoms with Gasteiger partial charge in [-0.3, -0.25) is 4.79 Å². The Kier molecular flexibility index (Phi) is 5.84. The molecule has 0 aliphatic rings. The number of aromatic nitrogens is 1. The zero-order chi connectivity index (χ0) is 21.5. The maximum atomic E-state index is 12.6. The van der Waals surface area contributed by atoms with Gasteiger partial charge in [0.2, 0.25) is 0 Å². The smallest absolute Gasteiger partial charge is 0.163 e. The Labute approximate surface area is 177 Å². The van der Waals surface area contributed by atoms with Crippen LogP contribution in [0, 0.1) is 13.8 Å². The minimum atomic E-state index is -0.610. The second-order valence-electron chi connectivity index (χ2n) is 8.81. The molecular weight excluding hydrogens is 380 g/mol. The Hall–Kier alpha value is -2.24. The van der Waals surface area contributed by atoms with Gasteiger partial charge in [-0.2, -0.15) is 0 Å². The molecule has 3 rings (SSSR count). The molecule has 0 saturated heterocycles. The number of rotatable bonds is 5. The topological polar surface area (TPSA) is 42.4 Å². The lowest BCUT2D eigenvalue weighted by Gasteiger charge is -2.30. The Morgan fingerprint density at radius 1 is 1.17 bits per heavy atom. The zero-order valence-corrected chi connectivity index (χ0v) is 19.4. The van der Waals surface area contributed by atoms with Crippen molar-refractivity contribution in [2.24, 2.45) is 0 Å². The molecule has 0 radical (unpaired) electrons. The molecule has 0 N–H and O–H groups in total. The third-order valence-electron chi connectivity index (χ3n) is 4.72. The number of carbonyl (C=O) groups is 1. The average Bonchev–Trinajstić information content (AvgIpc) is 3.01. The van der Waals surface area contributed by atoms with Crippen molar-refractivity contribution in [3.05, 3.63) is 47.0 Å². The number of benzene rings is 2. The summed E-state index contributed by atoms with van der Waals surface area (Å²) < 4.78 is 7.30. The first-order chi connectivity index (χ1) is 13.5. The van der Waals surface area contributed by atoms with Crippen LogP contribution < -0.4 is 4.90 Å². The van der Waals surface area contributed by atoms with Gasteiger partial charge in [0.05, 0.1) is 21.5 Å². The van der Waals surface area contributed by atoms with Gasteiger partial charge in [0.15, 0.2) is 5.78 Å². The van der Waals surface area contributed by atoms with E-state index in [-0.39, 0.29) is 5.78 Å². The number of ketones is 1. The van der Waals surface area contributed by atoms with E-state index >= 15 is 0 Å². The van der Waals surface area contributed by atoms with Gasteiger partial charge in [-0.15, -0.1) is 11.3 Å². The first kappa shape index (κ1) is 21.5. The third kappa shape index (κ3) is 4.51. The van der Waals surface area contributed by atoms with E-state index in [2.05, 4.69) is 42.2 Å². The fraction of sp³-hybridized carbons (Fsp3) is 0.417. The highest BCUT2D eigenvalue weighted by atomic mass is 32.1. The van der Waals surface area contributed by atoms with Gasteiger partial charge in [-0.05, 0) is 59.2 Å². The normalized spacial score (nSPS) is 13.0. The summed E-state index contributed by atoms with van der Waals surface area (Å²) in [6.07, 6.45) is -0.610. The SMILES string of the molecule is CC(=O)[C@@H](OC(C)(C)C)c1c(C)cc2nc(-c3cccc(C)c3)sc2c1N(C)C. The maximum absolute atomic E-state index is 12.6. The fourth-order valence-corrected chi connectivity index (χ4v) is 4.75. The molecule has 1 atom stereocenters. The van der Waals surface area contributed by atoms with Crippen molar-refractivity contribution in [1.29, 1.82) is 0 Å². The predicted octanol–water partition coefficient (Wildman–Crippen LogP) is 6.09. The molecule has 0 aliphatic carbocycles. The quantitative estimate of drug-likeness (QED) is 0.510. The highest BCUT2D eigenvalue weighted by Gasteiger charge is 2.30. The van der Waals surface area contributed by atoms with E-state index in [1.807, 2.05) is 41.8 Å². The van der Waals surface area contributed by atoms with Gasteiger partial charge in [0.1, 0.15) is 11.1 Å². The molecule has 1 aromatic heterocycles. The number of nitrogens with zero attached hydrogens (tertiary/aromatic N) is 2. The predicted molar refractivity (Wildman–Crippen MR) is 123 cm³/mol. The van der Waals surface area contributed by atoms with Crippen molar-refractivity contribution >= 4 is 33.0 Å². The van der Waals surface area contributed by atoms with Gasteiger partial charge in [0.25, 0.3) is 0 Å². The molecule has 1 heterocycles. The first-order valence-corrected chi connectivity index (χ1v) is 10.7. The summed E-state index contributed by atoms with van der Waals surface area (Å²) in [6.45, 7) is 11.7. The molecule has 154 valence electrons. The van der Waals surface area contributed by atoms with E-state index in [4.69, 9.17) is 9.72 Å². The monoisotopic (exact) mass is 410 g/mol. The molecule has 0 bridgehead atoms. The maximum Gasteiger partial charge on any atom is 0.163 e. The number of hydrogen-bond donors (Lipinski definition) is 0. The molecule has 5 heteroatoms. The summed E-state index contributed by atoms with van der Waals surface area (Å²) >= 11 is 1.66. The second-order valence-corrected chi connectivity index (χ2v) is 9.81. The molecule has 0 amide bonds. The van der Waals surface area contributed by atoms with Gasteiger partial charge in [0, 0.05) is 25.2 Å². The standard InChI is InChI=1S/C24H30N2O2S/c1-14-10-9-11-17(12-14)23-25-18-13-15(2)19(20(26(7)8)22(18)29-23)21(16(3)27)28-24(4,5)6/h9-13,21H,1-8H3/t21-/m1/s1. The fourth-order valence-electron chi connectivity index (χ4n) is 3.57. The van der Waals surface area contributed by atoms with Crippen LogP contribution in [0.4, 0.5) is 5.69 Å². The van der Waals surface area contributed by atoms with Crippen molar-refractivity contribution in [2.75, 3.05) is 19.0 Å². The average molecular weight is 411 g/mol. The van der Waals surface area contributed by atoms with Crippen LogP contribution in [0.15, 0.2) is 30.3 Å². The highest BCUT2D eigenvalue weighted by molar-refractivity contribution is 7.22. The molecule has 2 aromatic carbocycles. The van der Waals surface area contributed by atoms with Gasteiger partial charge in [-0.25, -0.2) is 4.98 Å². The van der Waals surface area contributed by atoms with Crippen molar-refractivity contribution in [1.82, 2.24) is 4.98 Å². The molecule has 4 nitrogen and oxygen atoms in total. The molecule has 3 aromatic rings. The minimum Gasteiger partial charge on any atom is -0.376 e. The number of anilines is 1. The lowest BCUT2D eigenvalue weighted by Crippen LogP contribution is -2.28. The lowest BCUT2D eigenvalue weighted by atomic mass is 9.96. The van der Waals surface area contributed by atoms with Crippen LogP contribution in [0.3, 0.4) is 0 Å². The molecule has 29 heavy (non-hydrogen) atoms. The summed E-state index contributed by atoms with van der Waals surface area (Å²) in [4.78, 5) is 19.6.